The molecule has 0 saturated carbocycles. The monoisotopic (exact) mass is 335 g/mol. The molecule has 1 aliphatic rings. The predicted octanol–water partition coefficient (Wildman–Crippen LogP) is 2.80. The van der Waals surface area contributed by atoms with Crippen LogP contribution in [0.25, 0.3) is 0 Å². The Morgan fingerprint density at radius 2 is 2.38 bits per heavy atom. The van der Waals surface area contributed by atoms with Crippen molar-refractivity contribution in [3.8, 4) is 0 Å². The third-order valence-corrected chi connectivity index (χ3v) is 3.87. The van der Waals surface area contributed by atoms with Crippen molar-refractivity contribution < 1.29 is 14.1 Å². The van der Waals surface area contributed by atoms with Crippen LogP contribution < -0.4 is 10.6 Å². The maximum Gasteiger partial charge on any atom is 0.406 e. The minimum atomic E-state index is -0.587. The number of anilines is 3. The van der Waals surface area contributed by atoms with Gasteiger partial charge < -0.3 is 25.5 Å². The van der Waals surface area contributed by atoms with Crippen LogP contribution in [0.15, 0.2) is 24.5 Å². The van der Waals surface area contributed by atoms with E-state index in [9.17, 15) is 14.5 Å². The molecule has 1 aromatic carbocycles. The first-order valence-electron chi connectivity index (χ1n) is 7.62. The standard InChI is InChI=1S/C15H18FN5O3/c1-20-9-18-14(21(22)23)15(20)19-10-4-5-13(12(16)7-10)17-8-11-3-2-6-24-11/h4-5,7,9,11,17,19H,2-3,6,8H2,1H3/t11-/m0/s1. The van der Waals surface area contributed by atoms with Gasteiger partial charge in [-0.3, -0.25) is 4.57 Å². The van der Waals surface area contributed by atoms with E-state index in [1.54, 1.807) is 19.2 Å². The Kier molecular flexibility index (Phi) is 4.61. The lowest BCUT2D eigenvalue weighted by Gasteiger charge is -2.13. The van der Waals surface area contributed by atoms with Gasteiger partial charge in [0, 0.05) is 25.9 Å². The SMILES string of the molecule is Cn1cnc([N+](=O)[O-])c1Nc1ccc(NC[C@@H]2CCCO2)c(F)c1. The number of halogens is 1. The number of hydrogen-bond acceptors (Lipinski definition) is 6. The molecule has 0 unspecified atom stereocenters. The van der Waals surface area contributed by atoms with Crippen molar-refractivity contribution in [3.63, 3.8) is 0 Å². The highest BCUT2D eigenvalue weighted by Gasteiger charge is 2.20. The molecule has 0 amide bonds. The molecular weight excluding hydrogens is 317 g/mol. The Morgan fingerprint density at radius 1 is 1.54 bits per heavy atom. The molecule has 9 heteroatoms. The van der Waals surface area contributed by atoms with Crippen molar-refractivity contribution in [2.24, 2.45) is 7.05 Å². The van der Waals surface area contributed by atoms with Crippen molar-refractivity contribution in [2.45, 2.75) is 18.9 Å². The summed E-state index contributed by atoms with van der Waals surface area (Å²) in [6, 6.07) is 4.53. The number of aryl methyl sites for hydroxylation is 1. The van der Waals surface area contributed by atoms with Crippen LogP contribution in [0.1, 0.15) is 12.8 Å². The van der Waals surface area contributed by atoms with Crippen LogP contribution in [0, 0.1) is 15.9 Å². The molecule has 3 rings (SSSR count). The fourth-order valence-electron chi connectivity index (χ4n) is 2.60. The third-order valence-electron chi connectivity index (χ3n) is 3.87. The molecule has 1 aliphatic heterocycles. The molecule has 1 saturated heterocycles. The summed E-state index contributed by atoms with van der Waals surface area (Å²) < 4.78 is 21.2. The molecule has 8 nitrogen and oxygen atoms in total. The maximum absolute atomic E-state index is 14.2. The Bertz CT molecular complexity index is 743. The second-order valence-electron chi connectivity index (χ2n) is 5.62. The number of nitro groups is 1. The van der Waals surface area contributed by atoms with E-state index in [1.807, 2.05) is 0 Å². The van der Waals surface area contributed by atoms with Crippen LogP contribution in [0.4, 0.5) is 27.4 Å². The van der Waals surface area contributed by atoms with Crippen LogP contribution in [-0.2, 0) is 11.8 Å². The van der Waals surface area contributed by atoms with Crippen LogP contribution in [-0.4, -0.2) is 33.7 Å². The molecule has 24 heavy (non-hydrogen) atoms. The molecule has 1 aromatic heterocycles. The van der Waals surface area contributed by atoms with Gasteiger partial charge in [0.1, 0.15) is 5.82 Å². The summed E-state index contributed by atoms with van der Waals surface area (Å²) >= 11 is 0. The molecule has 1 fully saturated rings. The highest BCUT2D eigenvalue weighted by molar-refractivity contribution is 5.66. The van der Waals surface area contributed by atoms with E-state index in [1.165, 1.54) is 17.0 Å². The third kappa shape index (κ3) is 3.46. The normalized spacial score (nSPS) is 17.0. The fourth-order valence-corrected chi connectivity index (χ4v) is 2.60. The first-order valence-corrected chi connectivity index (χ1v) is 7.62. The van der Waals surface area contributed by atoms with Crippen LogP contribution in [0.3, 0.4) is 0 Å². The highest BCUT2D eigenvalue weighted by atomic mass is 19.1. The molecular formula is C15H18FN5O3. The number of hydrogen-bond donors (Lipinski definition) is 2. The van der Waals surface area contributed by atoms with Gasteiger partial charge in [-0.15, -0.1) is 0 Å². The van der Waals surface area contributed by atoms with Crippen molar-refractivity contribution in [2.75, 3.05) is 23.8 Å². The number of nitrogens with zero attached hydrogens (tertiary/aromatic N) is 3. The second-order valence-corrected chi connectivity index (χ2v) is 5.62. The molecule has 128 valence electrons. The lowest BCUT2D eigenvalue weighted by Crippen LogP contribution is -2.18. The molecule has 2 aromatic rings. The molecule has 0 radical (unpaired) electrons. The smallest absolute Gasteiger partial charge is 0.380 e. The van der Waals surface area contributed by atoms with Gasteiger partial charge in [-0.2, -0.15) is 0 Å². The van der Waals surface area contributed by atoms with Gasteiger partial charge in [0.05, 0.1) is 11.8 Å². The molecule has 0 bridgehead atoms. The summed E-state index contributed by atoms with van der Waals surface area (Å²) in [5.41, 5.74) is 0.775. The maximum atomic E-state index is 14.2. The van der Waals surface area contributed by atoms with Crippen molar-refractivity contribution in [3.05, 3.63) is 40.5 Å². The molecule has 0 aliphatic carbocycles. The predicted molar refractivity (Wildman–Crippen MR) is 87.0 cm³/mol. The van der Waals surface area contributed by atoms with Crippen LogP contribution >= 0.6 is 0 Å². The number of nitrogens with one attached hydrogen (secondary N) is 2. The Balaban J connectivity index is 1.70. The lowest BCUT2D eigenvalue weighted by atomic mass is 10.2. The number of rotatable bonds is 6. The first kappa shape index (κ1) is 16.2. The number of imidazole rings is 1. The van der Waals surface area contributed by atoms with Gasteiger partial charge in [-0.25, -0.2) is 4.39 Å². The van der Waals surface area contributed by atoms with E-state index in [0.29, 0.717) is 17.9 Å². The van der Waals surface area contributed by atoms with Crippen molar-refractivity contribution in [1.82, 2.24) is 9.55 Å². The molecule has 1 atom stereocenters. The van der Waals surface area contributed by atoms with E-state index >= 15 is 0 Å². The number of benzene rings is 1. The topological polar surface area (TPSA) is 94.2 Å². The Morgan fingerprint density at radius 3 is 3.04 bits per heavy atom. The average molecular weight is 335 g/mol. The van der Waals surface area contributed by atoms with Gasteiger partial charge in [0.2, 0.25) is 12.1 Å². The highest BCUT2D eigenvalue weighted by Crippen LogP contribution is 2.27. The Labute approximate surface area is 137 Å². The van der Waals surface area contributed by atoms with E-state index < -0.39 is 10.7 Å². The van der Waals surface area contributed by atoms with Crippen molar-refractivity contribution in [1.29, 1.82) is 0 Å². The molecule has 2 N–H and O–H groups in total. The van der Waals surface area contributed by atoms with Gasteiger partial charge in [-0.05, 0) is 40.9 Å². The molecule has 2 heterocycles. The quantitative estimate of drug-likeness (QED) is 0.623. The van der Waals surface area contributed by atoms with Crippen molar-refractivity contribution >= 4 is 23.0 Å². The summed E-state index contributed by atoms with van der Waals surface area (Å²) in [4.78, 5) is 14.1. The summed E-state index contributed by atoms with van der Waals surface area (Å²) in [6.07, 6.45) is 3.44. The zero-order valence-corrected chi connectivity index (χ0v) is 13.2. The van der Waals surface area contributed by atoms with Gasteiger partial charge in [-0.1, -0.05) is 0 Å². The lowest BCUT2D eigenvalue weighted by molar-refractivity contribution is -0.388. The first-order chi connectivity index (χ1) is 11.5. The summed E-state index contributed by atoms with van der Waals surface area (Å²) in [5.74, 6) is -0.555. The van der Waals surface area contributed by atoms with Gasteiger partial charge in [0.25, 0.3) is 0 Å². The van der Waals surface area contributed by atoms with E-state index in [0.717, 1.165) is 19.4 Å². The van der Waals surface area contributed by atoms with Crippen LogP contribution in [0.5, 0.6) is 0 Å². The largest absolute Gasteiger partial charge is 0.406 e. The fraction of sp³-hybridized carbons (Fsp3) is 0.400. The average Bonchev–Trinajstić information content (AvgIpc) is 3.17. The summed E-state index contributed by atoms with van der Waals surface area (Å²) in [7, 11) is 1.62. The van der Waals surface area contributed by atoms with Crippen LogP contribution in [0.2, 0.25) is 0 Å². The zero-order chi connectivity index (χ0) is 17.1. The van der Waals surface area contributed by atoms with E-state index in [4.69, 9.17) is 4.74 Å². The van der Waals surface area contributed by atoms with E-state index in [-0.39, 0.29) is 17.7 Å². The zero-order valence-electron chi connectivity index (χ0n) is 13.2. The van der Waals surface area contributed by atoms with Gasteiger partial charge >= 0.3 is 5.82 Å². The number of ether oxygens (including phenoxy) is 1. The second kappa shape index (κ2) is 6.83. The summed E-state index contributed by atoms with van der Waals surface area (Å²) in [6.45, 7) is 1.30. The minimum absolute atomic E-state index is 0.110. The van der Waals surface area contributed by atoms with E-state index in [2.05, 4.69) is 15.6 Å². The number of aromatic nitrogens is 2. The summed E-state index contributed by atoms with van der Waals surface area (Å²) in [5, 5.41) is 16.8. The van der Waals surface area contributed by atoms with Gasteiger partial charge in [0.15, 0.2) is 0 Å². The molecule has 0 spiro atoms. The Hall–Kier alpha value is -2.68. The minimum Gasteiger partial charge on any atom is -0.380 e.